The fraction of sp³-hybridized carbons (Fsp3) is 0.273. The van der Waals surface area contributed by atoms with Crippen LogP contribution in [0.15, 0.2) is 12.1 Å². The van der Waals surface area contributed by atoms with Gasteiger partial charge >= 0.3 is 12.1 Å². The van der Waals surface area contributed by atoms with Crippen molar-refractivity contribution in [3.8, 4) is 15.6 Å². The van der Waals surface area contributed by atoms with Crippen LogP contribution in [-0.2, 0) is 4.79 Å². The third-order valence-electron chi connectivity index (χ3n) is 2.75. The lowest BCUT2D eigenvalue weighted by Gasteiger charge is -2.29. The molecule has 3 heterocycles. The molecule has 0 aromatic rings. The first-order valence-corrected chi connectivity index (χ1v) is 6.67. The van der Waals surface area contributed by atoms with Crippen LogP contribution in [0.5, 0.6) is 5.06 Å². The Morgan fingerprint density at radius 3 is 2.90 bits per heavy atom. The largest absolute Gasteiger partial charge is 0.480 e. The maximum absolute atomic E-state index is 12.6. The number of hydrogen-bond acceptors (Lipinski definition) is 4. The third kappa shape index (κ3) is 2.18. The molecule has 0 bridgehead atoms. The van der Waals surface area contributed by atoms with E-state index < -0.39 is 12.1 Å². The number of anilines is 1. The molecule has 3 aliphatic rings. The standard InChI is InChI=1S/C11H6ClF3N2O2S/c12-7-4-5-3-6-9(20-8(5)16-7)19-2-1-17(6)10(18)11(13,14)15/h3-4H,1-2H2. The highest BCUT2D eigenvalue weighted by molar-refractivity contribution is 7.17. The van der Waals surface area contributed by atoms with Gasteiger partial charge in [0.15, 0.2) is 5.06 Å². The van der Waals surface area contributed by atoms with Crippen LogP contribution in [0.2, 0.25) is 5.15 Å². The van der Waals surface area contributed by atoms with Crippen LogP contribution in [0.3, 0.4) is 0 Å². The second-order valence-corrected chi connectivity index (χ2v) is 5.41. The second kappa shape index (κ2) is 4.49. The molecule has 4 nitrogen and oxygen atoms in total. The molecule has 0 saturated carbocycles. The minimum absolute atomic E-state index is 0.00523. The Bertz CT molecular complexity index is 658. The second-order valence-electron chi connectivity index (χ2n) is 4.06. The zero-order valence-corrected chi connectivity index (χ0v) is 11.3. The van der Waals surface area contributed by atoms with Crippen molar-refractivity contribution in [3.63, 3.8) is 0 Å². The number of aromatic nitrogens is 1. The summed E-state index contributed by atoms with van der Waals surface area (Å²) in [5.41, 5.74) is 0.671. The number of fused-ring (bicyclic) bond motifs is 2. The van der Waals surface area contributed by atoms with E-state index in [1.54, 1.807) is 0 Å². The summed E-state index contributed by atoms with van der Waals surface area (Å²) in [6.07, 6.45) is -4.92. The molecular weight excluding hydrogens is 317 g/mol. The van der Waals surface area contributed by atoms with Crippen LogP contribution in [-0.4, -0.2) is 30.2 Å². The van der Waals surface area contributed by atoms with Crippen LogP contribution >= 0.6 is 22.9 Å². The summed E-state index contributed by atoms with van der Waals surface area (Å²) < 4.78 is 43.1. The number of rotatable bonds is 0. The van der Waals surface area contributed by atoms with Crippen molar-refractivity contribution in [1.82, 2.24) is 4.98 Å². The summed E-state index contributed by atoms with van der Waals surface area (Å²) >= 11 is 6.82. The van der Waals surface area contributed by atoms with Crippen molar-refractivity contribution in [2.45, 2.75) is 6.18 Å². The number of alkyl halides is 3. The van der Waals surface area contributed by atoms with E-state index in [9.17, 15) is 18.0 Å². The average Bonchev–Trinajstić information content (AvgIpc) is 2.72. The third-order valence-corrected chi connectivity index (χ3v) is 3.97. The summed E-state index contributed by atoms with van der Waals surface area (Å²) in [7, 11) is 0. The lowest BCUT2D eigenvalue weighted by molar-refractivity contribution is -0.170. The number of hydrogen-bond donors (Lipinski definition) is 0. The minimum Gasteiger partial charge on any atom is -0.480 e. The van der Waals surface area contributed by atoms with E-state index in [4.69, 9.17) is 16.3 Å². The molecule has 3 aliphatic heterocycles. The Balaban J connectivity index is 2.11. The number of ether oxygens (including phenoxy) is 1. The molecule has 3 rings (SSSR count). The fourth-order valence-electron chi connectivity index (χ4n) is 1.92. The number of nitrogens with zero attached hydrogens (tertiary/aromatic N) is 2. The van der Waals surface area contributed by atoms with Crippen LogP contribution in [0, 0.1) is 0 Å². The van der Waals surface area contributed by atoms with E-state index in [2.05, 4.69) is 4.98 Å². The minimum atomic E-state index is -4.92. The molecular formula is C11H6ClF3N2O2S. The van der Waals surface area contributed by atoms with Gasteiger partial charge in [0.1, 0.15) is 16.8 Å². The van der Waals surface area contributed by atoms with Crippen LogP contribution in [0.4, 0.5) is 18.9 Å². The average molecular weight is 323 g/mol. The Hall–Kier alpha value is -1.54. The normalized spacial score (nSPS) is 15.1. The van der Waals surface area contributed by atoms with Gasteiger partial charge in [-0.15, -0.1) is 0 Å². The predicted molar refractivity (Wildman–Crippen MR) is 67.6 cm³/mol. The van der Waals surface area contributed by atoms with E-state index in [1.165, 1.54) is 12.1 Å². The Labute approximate surface area is 120 Å². The van der Waals surface area contributed by atoms with E-state index >= 15 is 0 Å². The zero-order valence-electron chi connectivity index (χ0n) is 9.70. The highest BCUT2D eigenvalue weighted by atomic mass is 35.5. The maximum Gasteiger partial charge on any atom is 0.471 e. The zero-order chi connectivity index (χ0) is 14.5. The number of carbonyl (C=O) groups is 1. The molecule has 0 radical (unpaired) electrons. The quantitative estimate of drug-likeness (QED) is 0.748. The van der Waals surface area contributed by atoms with Crippen molar-refractivity contribution < 1.29 is 22.7 Å². The SMILES string of the molecule is O=C(N1CCOc2sc3nc(Cl)cc-3cc21)C(F)(F)F. The van der Waals surface area contributed by atoms with Crippen molar-refractivity contribution >= 4 is 34.5 Å². The van der Waals surface area contributed by atoms with Gasteiger partial charge in [0.2, 0.25) is 0 Å². The molecule has 20 heavy (non-hydrogen) atoms. The molecule has 0 aliphatic carbocycles. The summed E-state index contributed by atoms with van der Waals surface area (Å²) in [6.45, 7) is -0.142. The summed E-state index contributed by atoms with van der Waals surface area (Å²) in [5.74, 6) is -1.90. The first-order valence-electron chi connectivity index (χ1n) is 5.48. The van der Waals surface area contributed by atoms with E-state index in [0.717, 1.165) is 11.3 Å². The first kappa shape index (κ1) is 13.4. The first-order chi connectivity index (χ1) is 9.36. The smallest absolute Gasteiger partial charge is 0.471 e. The van der Waals surface area contributed by atoms with E-state index in [1.807, 2.05) is 0 Å². The molecule has 106 valence electrons. The lowest BCUT2D eigenvalue weighted by Crippen LogP contribution is -2.45. The van der Waals surface area contributed by atoms with Gasteiger partial charge in [0.25, 0.3) is 0 Å². The van der Waals surface area contributed by atoms with Crippen LogP contribution < -0.4 is 9.64 Å². The van der Waals surface area contributed by atoms with Gasteiger partial charge in [0, 0.05) is 5.56 Å². The molecule has 0 N–H and O–H groups in total. The van der Waals surface area contributed by atoms with Gasteiger partial charge < -0.3 is 4.74 Å². The van der Waals surface area contributed by atoms with Gasteiger partial charge in [0.05, 0.1) is 12.2 Å². The van der Waals surface area contributed by atoms with Crippen LogP contribution in [0.1, 0.15) is 0 Å². The molecule has 0 saturated heterocycles. The predicted octanol–water partition coefficient (Wildman–Crippen LogP) is 3.19. The molecule has 9 heteroatoms. The Kier molecular flexibility index (Phi) is 3.02. The maximum atomic E-state index is 12.6. The highest BCUT2D eigenvalue weighted by Gasteiger charge is 2.44. The van der Waals surface area contributed by atoms with Gasteiger partial charge in [-0.1, -0.05) is 22.9 Å². The monoisotopic (exact) mass is 322 g/mol. The van der Waals surface area contributed by atoms with Gasteiger partial charge in [-0.05, 0) is 12.1 Å². The topological polar surface area (TPSA) is 42.4 Å². The number of amides is 1. The van der Waals surface area contributed by atoms with Crippen molar-refractivity contribution in [2.24, 2.45) is 0 Å². The summed E-state index contributed by atoms with van der Waals surface area (Å²) in [6, 6.07) is 2.96. The summed E-state index contributed by atoms with van der Waals surface area (Å²) in [5, 5.41) is 1.03. The summed E-state index contributed by atoms with van der Waals surface area (Å²) in [4.78, 5) is 16.1. The highest BCUT2D eigenvalue weighted by Crippen LogP contribution is 2.44. The Morgan fingerprint density at radius 2 is 2.20 bits per heavy atom. The molecule has 0 aromatic carbocycles. The van der Waals surface area contributed by atoms with Gasteiger partial charge in [-0.2, -0.15) is 13.2 Å². The van der Waals surface area contributed by atoms with Gasteiger partial charge in [-0.25, -0.2) is 4.98 Å². The van der Waals surface area contributed by atoms with E-state index in [-0.39, 0.29) is 29.1 Å². The molecule has 0 unspecified atom stereocenters. The number of carbonyl (C=O) groups excluding carboxylic acids is 1. The molecule has 0 atom stereocenters. The van der Waals surface area contributed by atoms with Crippen molar-refractivity contribution in [3.05, 3.63) is 17.3 Å². The molecule has 0 fully saturated rings. The molecule has 0 aromatic heterocycles. The molecule has 0 spiro atoms. The van der Waals surface area contributed by atoms with Gasteiger partial charge in [-0.3, -0.25) is 9.69 Å². The number of halogens is 4. The molecule has 1 amide bonds. The fourth-order valence-corrected chi connectivity index (χ4v) is 3.14. The van der Waals surface area contributed by atoms with Crippen molar-refractivity contribution in [1.29, 1.82) is 0 Å². The van der Waals surface area contributed by atoms with Crippen LogP contribution in [0.25, 0.3) is 10.6 Å². The lowest BCUT2D eigenvalue weighted by atomic mass is 10.2. The van der Waals surface area contributed by atoms with E-state index in [0.29, 0.717) is 15.5 Å². The van der Waals surface area contributed by atoms with Crippen molar-refractivity contribution in [2.75, 3.05) is 18.1 Å². The Morgan fingerprint density at radius 1 is 1.45 bits per heavy atom.